The predicted molar refractivity (Wildman–Crippen MR) is 255 cm³/mol. The average molecular weight is 1040 g/mol. The molecular weight excluding hydrogens is 977 g/mol. The molecular formula is C50H66N4O20. The number of aliphatic hydroxyl groups is 9. The maximum atomic E-state index is 14.5. The van der Waals surface area contributed by atoms with Crippen molar-refractivity contribution in [2.45, 2.75) is 133 Å². The Hall–Kier alpha value is -5.32. The number of nitrogens with one attached hydrogen (secondary N) is 3. The highest BCUT2D eigenvalue weighted by molar-refractivity contribution is 6.24. The number of fused-ring (bicyclic) bond motifs is 1. The summed E-state index contributed by atoms with van der Waals surface area (Å²) in [7, 11) is 1.16. The van der Waals surface area contributed by atoms with Crippen LogP contribution >= 0.6 is 0 Å². The van der Waals surface area contributed by atoms with Gasteiger partial charge in [0.2, 0.25) is 0 Å². The number of hydrogen-bond donors (Lipinski definition) is 12. The standard InChI is InChI=1S/C50H66N4O20/c1-7-24-19(2)28(54-47(24)67)12-27-21(4)26(38(52-27)36-37(48(68)69-6)42(62)35-22(5)29(53-39(35)36)13-30-25(10-11-55)20(3)31(15-57)51-30)8-9-34(59)70-17-32-40(60)43(63)46(66)50(73-32)72-18-33-41(61)44(64)45(65)49(74-33)71-16-23(58)14-56/h7,15,21,23,26,28,32-33,37,40-41,43-46,49-51,53,55-56,58,60-61,63-66H,1,8-14,16-18H2,2-6H3,(H,54,67). The molecule has 2 saturated heterocycles. The number of rotatable bonds is 21. The normalized spacial score (nSPS) is 32.4. The number of ketones is 1. The number of H-pyrrole nitrogens is 2. The van der Waals surface area contributed by atoms with Gasteiger partial charge in [0, 0.05) is 71.5 Å². The molecule has 74 heavy (non-hydrogen) atoms. The van der Waals surface area contributed by atoms with Gasteiger partial charge in [-0.15, -0.1) is 0 Å². The second-order valence-corrected chi connectivity index (χ2v) is 19.3. The fourth-order valence-corrected chi connectivity index (χ4v) is 10.4. The van der Waals surface area contributed by atoms with Crippen molar-refractivity contribution in [1.29, 1.82) is 0 Å². The van der Waals surface area contributed by atoms with E-state index in [2.05, 4.69) is 21.9 Å². The lowest BCUT2D eigenvalue weighted by molar-refractivity contribution is -0.332. The number of Topliss-reactive ketones (excluding diaryl/α,β-unsaturated/α-hetero) is 1. The zero-order chi connectivity index (χ0) is 54.0. The van der Waals surface area contributed by atoms with Crippen LogP contribution in [0.5, 0.6) is 0 Å². The molecule has 0 spiro atoms. The van der Waals surface area contributed by atoms with Crippen molar-refractivity contribution in [2.24, 2.45) is 22.7 Å². The molecule has 0 saturated carbocycles. The molecule has 4 aliphatic heterocycles. The van der Waals surface area contributed by atoms with E-state index >= 15 is 0 Å². The highest BCUT2D eigenvalue weighted by Crippen LogP contribution is 2.49. The number of allylic oxidation sites excluding steroid dienone is 1. The lowest BCUT2D eigenvalue weighted by Gasteiger charge is -2.42. The van der Waals surface area contributed by atoms with Crippen LogP contribution in [0.25, 0.3) is 5.57 Å². The van der Waals surface area contributed by atoms with Crippen LogP contribution in [0.15, 0.2) is 34.5 Å². The second-order valence-electron chi connectivity index (χ2n) is 19.3. The van der Waals surface area contributed by atoms with E-state index in [0.717, 1.165) is 18.2 Å². The van der Waals surface area contributed by atoms with Crippen molar-refractivity contribution in [3.8, 4) is 0 Å². The van der Waals surface area contributed by atoms with Crippen LogP contribution in [0.4, 0.5) is 0 Å². The first-order valence-electron chi connectivity index (χ1n) is 24.3. The van der Waals surface area contributed by atoms with Crippen LogP contribution in [0, 0.1) is 31.6 Å². The summed E-state index contributed by atoms with van der Waals surface area (Å²) >= 11 is 0. The van der Waals surface area contributed by atoms with Crippen molar-refractivity contribution >= 4 is 41.2 Å². The van der Waals surface area contributed by atoms with Gasteiger partial charge in [0.25, 0.3) is 5.91 Å². The summed E-state index contributed by atoms with van der Waals surface area (Å²) in [6.45, 7) is 8.29. The minimum absolute atomic E-state index is 0.0371. The van der Waals surface area contributed by atoms with E-state index in [1.54, 1.807) is 20.8 Å². The van der Waals surface area contributed by atoms with Crippen molar-refractivity contribution in [3.63, 3.8) is 0 Å². The number of esters is 2. The molecule has 12 N–H and O–H groups in total. The summed E-state index contributed by atoms with van der Waals surface area (Å²) in [5.74, 6) is -5.02. The Bertz CT molecular complexity index is 2560. The summed E-state index contributed by atoms with van der Waals surface area (Å²) in [6.07, 6.45) is -15.9. The van der Waals surface area contributed by atoms with Crippen LogP contribution in [0.1, 0.15) is 87.7 Å². The number of hydrogen-bond acceptors (Lipinski definition) is 21. The van der Waals surface area contributed by atoms with E-state index in [0.29, 0.717) is 57.2 Å². The third-order valence-corrected chi connectivity index (χ3v) is 14.8. The van der Waals surface area contributed by atoms with Crippen molar-refractivity contribution in [2.75, 3.05) is 40.1 Å². The molecule has 0 radical (unpaired) electrons. The maximum absolute atomic E-state index is 14.5. The van der Waals surface area contributed by atoms with Gasteiger partial charge in [-0.25, -0.2) is 0 Å². The van der Waals surface area contributed by atoms with E-state index in [-0.39, 0.29) is 55.8 Å². The van der Waals surface area contributed by atoms with E-state index in [1.807, 2.05) is 6.92 Å². The Balaban J connectivity index is 1.12. The summed E-state index contributed by atoms with van der Waals surface area (Å²) in [6, 6.07) is -0.469. The molecule has 1 aliphatic carbocycles. The van der Waals surface area contributed by atoms with Gasteiger partial charge in [0.05, 0.1) is 50.1 Å². The van der Waals surface area contributed by atoms with Crippen LogP contribution in [0.2, 0.25) is 0 Å². The minimum atomic E-state index is -1.89. The molecule has 24 nitrogen and oxygen atoms in total. The summed E-state index contributed by atoms with van der Waals surface area (Å²) in [4.78, 5) is 78.2. The SMILES string of the molecule is C=CC1=C(C)C(CC2=NC(=C3c4[nH]c(Cc5[nH]c(C=O)c(C)c5CCO)c(C)c4C(=O)C3C(=O)OC)C(CCC(=O)OCC3OC(OCC4OC(OCC(O)CO)C(O)C(O)C4O)C(O)C(O)C3O)C2C)NC1=O. The highest BCUT2D eigenvalue weighted by atomic mass is 16.7. The van der Waals surface area contributed by atoms with Crippen LogP contribution in [-0.4, -0.2) is 205 Å². The van der Waals surface area contributed by atoms with Gasteiger partial charge in [0.15, 0.2) is 24.6 Å². The summed E-state index contributed by atoms with van der Waals surface area (Å²) in [5, 5.41) is 95.3. The van der Waals surface area contributed by atoms with Gasteiger partial charge >= 0.3 is 11.9 Å². The number of aromatic nitrogens is 2. The molecule has 0 bridgehead atoms. The number of aldehydes is 1. The lowest BCUT2D eigenvalue weighted by atomic mass is 9.82. The quantitative estimate of drug-likeness (QED) is 0.0366. The summed E-state index contributed by atoms with van der Waals surface area (Å²) < 4.78 is 32.8. The summed E-state index contributed by atoms with van der Waals surface area (Å²) in [5.41, 5.74) is 6.44. The monoisotopic (exact) mass is 1040 g/mol. The molecule has 15 atom stereocenters. The first-order chi connectivity index (χ1) is 35.2. The van der Waals surface area contributed by atoms with Gasteiger partial charge in [-0.05, 0) is 55.9 Å². The van der Waals surface area contributed by atoms with Gasteiger partial charge in [-0.1, -0.05) is 19.6 Å². The molecule has 2 fully saturated rings. The van der Waals surface area contributed by atoms with E-state index in [9.17, 15) is 64.8 Å². The van der Waals surface area contributed by atoms with Crippen LogP contribution in [-0.2, 0) is 55.6 Å². The number of carbonyl (C=O) groups excluding carboxylic acids is 5. The molecule has 406 valence electrons. The average Bonchev–Trinajstić information content (AvgIpc) is 4.13. The Morgan fingerprint density at radius 3 is 2.12 bits per heavy atom. The van der Waals surface area contributed by atoms with E-state index in [1.165, 1.54) is 6.08 Å². The third-order valence-electron chi connectivity index (χ3n) is 14.8. The number of aliphatic hydroxyl groups excluding tert-OH is 9. The number of carbonyl (C=O) groups is 5. The van der Waals surface area contributed by atoms with Crippen molar-refractivity contribution in [3.05, 3.63) is 74.5 Å². The molecule has 1 amide bonds. The Morgan fingerprint density at radius 1 is 0.878 bits per heavy atom. The van der Waals surface area contributed by atoms with E-state index < -0.39 is 135 Å². The Morgan fingerprint density at radius 2 is 1.53 bits per heavy atom. The van der Waals surface area contributed by atoms with Gasteiger partial charge in [-0.3, -0.25) is 29.0 Å². The Labute approximate surface area is 424 Å². The lowest BCUT2D eigenvalue weighted by Crippen LogP contribution is -2.62. The van der Waals surface area contributed by atoms with Crippen LogP contribution < -0.4 is 5.32 Å². The predicted octanol–water partition coefficient (Wildman–Crippen LogP) is -1.98. The first kappa shape index (κ1) is 56.4. The molecule has 6 heterocycles. The Kier molecular flexibility index (Phi) is 18.1. The fourth-order valence-electron chi connectivity index (χ4n) is 10.4. The molecule has 5 aliphatic rings. The molecule has 24 heteroatoms. The molecule has 7 rings (SSSR count). The number of aromatic amines is 2. The second kappa shape index (κ2) is 23.7. The number of nitrogens with zero attached hydrogens (tertiary/aromatic N) is 1. The number of ether oxygens (including phenoxy) is 6. The largest absolute Gasteiger partial charge is 0.468 e. The smallest absolute Gasteiger partial charge is 0.321 e. The van der Waals surface area contributed by atoms with Gasteiger partial charge in [0.1, 0.15) is 67.5 Å². The topological polar surface area (TPSA) is 379 Å². The fraction of sp³-hybridized carbons (Fsp3) is 0.600. The van der Waals surface area contributed by atoms with Crippen LogP contribution in [0.3, 0.4) is 0 Å². The third kappa shape index (κ3) is 11.0. The van der Waals surface area contributed by atoms with Crippen molar-refractivity contribution < 1.29 is 98.4 Å². The minimum Gasteiger partial charge on any atom is -0.468 e. The molecule has 2 aromatic rings. The molecule has 0 aromatic carbocycles. The van der Waals surface area contributed by atoms with Crippen molar-refractivity contribution in [1.82, 2.24) is 15.3 Å². The maximum Gasteiger partial charge on any atom is 0.321 e. The van der Waals surface area contributed by atoms with E-state index in [4.69, 9.17) is 38.5 Å². The highest BCUT2D eigenvalue weighted by Gasteiger charge is 2.50. The zero-order valence-corrected chi connectivity index (χ0v) is 41.6. The number of amides is 1. The molecule has 2 aromatic heterocycles. The van der Waals surface area contributed by atoms with Gasteiger partial charge in [-0.2, -0.15) is 0 Å². The first-order valence-corrected chi connectivity index (χ1v) is 24.3. The number of methoxy groups -OCH3 is 1. The molecule has 15 unspecified atom stereocenters. The zero-order valence-electron chi connectivity index (χ0n) is 41.6. The van der Waals surface area contributed by atoms with Gasteiger partial charge < -0.3 is 89.7 Å². The number of aliphatic imine (C=N–C) groups is 1.